The third kappa shape index (κ3) is 6.99. The van der Waals surface area contributed by atoms with Crippen LogP contribution in [0.1, 0.15) is 38.9 Å². The summed E-state index contributed by atoms with van der Waals surface area (Å²) in [6.07, 6.45) is 0.695. The number of carbonyl (C=O) groups is 1. The Morgan fingerprint density at radius 2 is 1.80 bits per heavy atom. The molecule has 0 aliphatic heterocycles. The van der Waals surface area contributed by atoms with Crippen LogP contribution in [0, 0.1) is 11.8 Å². The molecular formula is C27H28Cl2O5S. The lowest BCUT2D eigenvalue weighted by Gasteiger charge is -2.22. The van der Waals surface area contributed by atoms with Crippen molar-refractivity contribution in [3.63, 3.8) is 0 Å². The zero-order valence-corrected chi connectivity index (χ0v) is 21.4. The van der Waals surface area contributed by atoms with E-state index in [4.69, 9.17) is 37.8 Å². The minimum Gasteiger partial charge on any atom is -0.484 e. The van der Waals surface area contributed by atoms with Crippen LogP contribution in [0.3, 0.4) is 0 Å². The van der Waals surface area contributed by atoms with Crippen LogP contribution in [0.2, 0.25) is 0 Å². The first-order valence-electron chi connectivity index (χ1n) is 11.5. The molecule has 1 saturated carbocycles. The van der Waals surface area contributed by atoms with Gasteiger partial charge in [0, 0.05) is 17.2 Å². The second kappa shape index (κ2) is 12.2. The van der Waals surface area contributed by atoms with E-state index in [9.17, 15) is 9.90 Å². The lowest BCUT2D eigenvalue weighted by molar-refractivity contribution is 0.0643. The van der Waals surface area contributed by atoms with Crippen LogP contribution in [0.4, 0.5) is 0 Å². The highest BCUT2D eigenvalue weighted by molar-refractivity contribution is 7.13. The maximum Gasteiger partial charge on any atom is 0.335 e. The molecule has 0 saturated heterocycles. The van der Waals surface area contributed by atoms with Gasteiger partial charge in [0.1, 0.15) is 0 Å². The highest BCUT2D eigenvalue weighted by Crippen LogP contribution is 2.40. The number of aliphatic hydroxyl groups is 1. The van der Waals surface area contributed by atoms with E-state index in [1.165, 1.54) is 11.3 Å². The van der Waals surface area contributed by atoms with Gasteiger partial charge in [0.15, 0.2) is 5.06 Å². The number of carboxylic acids is 1. The van der Waals surface area contributed by atoms with Crippen LogP contribution in [-0.4, -0.2) is 40.2 Å². The van der Waals surface area contributed by atoms with Crippen LogP contribution in [0.5, 0.6) is 5.06 Å². The second-order valence-corrected chi connectivity index (χ2v) is 11.0. The number of thiophene rings is 1. The number of carboxylic acid groups (broad SMARTS) is 1. The summed E-state index contributed by atoms with van der Waals surface area (Å²) in [6.45, 7) is 1.19. The quantitative estimate of drug-likeness (QED) is 0.287. The van der Waals surface area contributed by atoms with Crippen molar-refractivity contribution in [1.29, 1.82) is 0 Å². The maximum atomic E-state index is 11.2. The molecular weight excluding hydrogens is 507 g/mol. The van der Waals surface area contributed by atoms with Gasteiger partial charge in [-0.15, -0.1) is 34.5 Å². The SMILES string of the molecule is O=C(O)c1cccc(COC[C@H]2CC(Cl)C(Cl)[C@@H]2COc2ccc(C(O)Cc3ccccc3)s2)c1. The van der Waals surface area contributed by atoms with E-state index < -0.39 is 12.1 Å². The number of hydrogen-bond donors (Lipinski definition) is 2. The van der Waals surface area contributed by atoms with E-state index in [1.54, 1.807) is 18.2 Å². The zero-order chi connectivity index (χ0) is 24.8. The number of benzene rings is 2. The van der Waals surface area contributed by atoms with Gasteiger partial charge in [0.25, 0.3) is 0 Å². The monoisotopic (exact) mass is 534 g/mol. The lowest BCUT2D eigenvalue weighted by atomic mass is 9.97. The van der Waals surface area contributed by atoms with Crippen molar-refractivity contribution in [2.75, 3.05) is 13.2 Å². The van der Waals surface area contributed by atoms with E-state index >= 15 is 0 Å². The molecule has 3 aromatic rings. The summed E-state index contributed by atoms with van der Waals surface area (Å²) in [5, 5.41) is 20.1. The molecule has 5 nitrogen and oxygen atoms in total. The van der Waals surface area contributed by atoms with Crippen molar-refractivity contribution < 1.29 is 24.5 Å². The first-order valence-corrected chi connectivity index (χ1v) is 13.2. The van der Waals surface area contributed by atoms with Gasteiger partial charge in [-0.3, -0.25) is 0 Å². The van der Waals surface area contributed by atoms with Crippen LogP contribution in [0.15, 0.2) is 66.7 Å². The average molecular weight is 535 g/mol. The van der Waals surface area contributed by atoms with Crippen molar-refractivity contribution in [3.8, 4) is 5.06 Å². The van der Waals surface area contributed by atoms with E-state index in [2.05, 4.69) is 0 Å². The summed E-state index contributed by atoms with van der Waals surface area (Å²) in [5.41, 5.74) is 2.13. The molecule has 0 amide bonds. The number of aromatic carboxylic acids is 1. The van der Waals surface area contributed by atoms with Gasteiger partial charge < -0.3 is 19.7 Å². The summed E-state index contributed by atoms with van der Waals surface area (Å²) in [6, 6.07) is 20.4. The van der Waals surface area contributed by atoms with Crippen molar-refractivity contribution in [3.05, 3.63) is 88.3 Å². The van der Waals surface area contributed by atoms with E-state index in [0.717, 1.165) is 27.5 Å². The number of ether oxygens (including phenoxy) is 2. The van der Waals surface area contributed by atoms with Crippen molar-refractivity contribution in [2.24, 2.45) is 11.8 Å². The Bertz CT molecular complexity index is 1110. The molecule has 0 radical (unpaired) electrons. The van der Waals surface area contributed by atoms with Gasteiger partial charge in [-0.25, -0.2) is 4.79 Å². The molecule has 1 heterocycles. The fourth-order valence-electron chi connectivity index (χ4n) is 4.37. The number of rotatable bonds is 11. The molecule has 0 spiro atoms. The topological polar surface area (TPSA) is 76.0 Å². The molecule has 186 valence electrons. The molecule has 2 N–H and O–H groups in total. The van der Waals surface area contributed by atoms with Crippen molar-refractivity contribution >= 4 is 40.5 Å². The molecule has 8 heteroatoms. The largest absolute Gasteiger partial charge is 0.484 e. The molecule has 1 aliphatic carbocycles. The third-order valence-electron chi connectivity index (χ3n) is 6.28. The molecule has 0 bridgehead atoms. The zero-order valence-electron chi connectivity index (χ0n) is 19.1. The molecule has 35 heavy (non-hydrogen) atoms. The molecule has 1 aliphatic rings. The van der Waals surface area contributed by atoms with E-state index in [-0.39, 0.29) is 28.2 Å². The molecule has 4 rings (SSSR count). The minimum absolute atomic E-state index is 0.0179. The lowest BCUT2D eigenvalue weighted by Crippen LogP contribution is -2.27. The number of hydrogen-bond acceptors (Lipinski definition) is 5. The molecule has 3 unspecified atom stereocenters. The Kier molecular flexibility index (Phi) is 9.09. The van der Waals surface area contributed by atoms with E-state index in [1.807, 2.05) is 48.5 Å². The minimum atomic E-state index is -0.959. The second-order valence-electron chi connectivity index (χ2n) is 8.81. The summed E-state index contributed by atoms with van der Waals surface area (Å²) in [7, 11) is 0. The fourth-order valence-corrected chi connectivity index (χ4v) is 6.02. The van der Waals surface area contributed by atoms with Crippen LogP contribution < -0.4 is 4.74 Å². The summed E-state index contributed by atoms with van der Waals surface area (Å²) in [4.78, 5) is 12.0. The van der Waals surface area contributed by atoms with E-state index in [0.29, 0.717) is 26.2 Å². The molecule has 2 aromatic carbocycles. The van der Waals surface area contributed by atoms with Crippen LogP contribution >= 0.6 is 34.5 Å². The Labute approximate surface area is 219 Å². The Morgan fingerprint density at radius 1 is 1.03 bits per heavy atom. The molecule has 5 atom stereocenters. The van der Waals surface area contributed by atoms with Crippen molar-refractivity contribution in [1.82, 2.24) is 0 Å². The van der Waals surface area contributed by atoms with Gasteiger partial charge in [-0.05, 0) is 47.7 Å². The number of alkyl halides is 2. The van der Waals surface area contributed by atoms with Gasteiger partial charge >= 0.3 is 5.97 Å². The predicted octanol–water partition coefficient (Wildman–Crippen LogP) is 6.17. The maximum absolute atomic E-state index is 11.2. The fraction of sp³-hybridized carbons (Fsp3) is 0.370. The van der Waals surface area contributed by atoms with Crippen LogP contribution in [-0.2, 0) is 17.8 Å². The van der Waals surface area contributed by atoms with Gasteiger partial charge in [0.2, 0.25) is 0 Å². The normalized spacial score (nSPS) is 22.7. The van der Waals surface area contributed by atoms with Crippen LogP contribution in [0.25, 0.3) is 0 Å². The summed E-state index contributed by atoms with van der Waals surface area (Å²) >= 11 is 14.5. The number of aliphatic hydroxyl groups excluding tert-OH is 1. The molecule has 1 fully saturated rings. The Balaban J connectivity index is 1.29. The first-order chi connectivity index (χ1) is 16.9. The summed E-state index contributed by atoms with van der Waals surface area (Å²) in [5.74, 6) is -0.811. The Hall–Kier alpha value is -2.09. The predicted molar refractivity (Wildman–Crippen MR) is 139 cm³/mol. The van der Waals surface area contributed by atoms with Gasteiger partial charge in [0.05, 0.1) is 42.2 Å². The first kappa shape index (κ1) is 26.0. The summed E-state index contributed by atoms with van der Waals surface area (Å²) < 4.78 is 12.0. The van der Waals surface area contributed by atoms with Gasteiger partial charge in [-0.2, -0.15) is 0 Å². The third-order valence-corrected chi connectivity index (χ3v) is 8.59. The van der Waals surface area contributed by atoms with Crippen molar-refractivity contribution in [2.45, 2.75) is 36.3 Å². The molecule has 1 aromatic heterocycles. The smallest absolute Gasteiger partial charge is 0.335 e. The average Bonchev–Trinajstić information content (AvgIpc) is 3.43. The Morgan fingerprint density at radius 3 is 2.57 bits per heavy atom. The van der Waals surface area contributed by atoms with Gasteiger partial charge in [-0.1, -0.05) is 42.5 Å². The number of halogens is 2. The highest BCUT2D eigenvalue weighted by Gasteiger charge is 2.42. The highest BCUT2D eigenvalue weighted by atomic mass is 35.5. The standard InChI is InChI=1S/C27H28Cl2O5S/c28-22-13-20(15-33-14-18-7-4-8-19(11-18)27(31)32)21(26(22)29)16-34-25-10-9-24(35-25)23(30)12-17-5-2-1-3-6-17/h1-11,20-23,26,30H,12-16H2,(H,31,32)/t20-,21-,22?,23?,26?/m1/s1.